The second-order valence-corrected chi connectivity index (χ2v) is 5.94. The molecule has 1 amide bonds. The lowest BCUT2D eigenvalue weighted by Crippen LogP contribution is -2.22. The molecule has 2 rings (SSSR count). The molecular formula is C12H13IN2OS. The number of hydrogen-bond donors (Lipinski definition) is 1. The number of pyridine rings is 1. The molecule has 2 heterocycles. The quantitative estimate of drug-likeness (QED) is 0.836. The molecule has 0 aliphatic carbocycles. The fraction of sp³-hybridized carbons (Fsp3) is 0.333. The standard InChI is InChI=1S/C12H13IN2OS/c1-4-14-11(16)10-9(13)8-6(2)5-7(3)15-12(8)17-10/h5H,4H2,1-3H3,(H,14,16). The number of aromatic nitrogens is 1. The fourth-order valence-electron chi connectivity index (χ4n) is 1.79. The summed E-state index contributed by atoms with van der Waals surface area (Å²) in [5, 5.41) is 3.95. The van der Waals surface area contributed by atoms with Crippen molar-refractivity contribution >= 4 is 50.1 Å². The normalized spacial score (nSPS) is 10.8. The Kier molecular flexibility index (Phi) is 3.67. The maximum atomic E-state index is 11.9. The zero-order valence-corrected chi connectivity index (χ0v) is 12.9. The number of carbonyl (C=O) groups excluding carboxylic acids is 1. The monoisotopic (exact) mass is 360 g/mol. The highest BCUT2D eigenvalue weighted by atomic mass is 127. The van der Waals surface area contributed by atoms with Crippen LogP contribution in [0, 0.1) is 17.4 Å². The molecule has 0 unspecified atom stereocenters. The van der Waals surface area contributed by atoms with Crippen LogP contribution in [0.2, 0.25) is 0 Å². The molecular weight excluding hydrogens is 347 g/mol. The Hall–Kier alpha value is -0.690. The molecule has 17 heavy (non-hydrogen) atoms. The molecule has 0 bridgehead atoms. The Balaban J connectivity index is 2.64. The number of thiophene rings is 1. The predicted molar refractivity (Wildman–Crippen MR) is 79.8 cm³/mol. The zero-order valence-electron chi connectivity index (χ0n) is 9.93. The van der Waals surface area contributed by atoms with Crippen molar-refractivity contribution in [2.75, 3.05) is 6.54 Å². The highest BCUT2D eigenvalue weighted by Crippen LogP contribution is 2.33. The summed E-state index contributed by atoms with van der Waals surface area (Å²) in [4.78, 5) is 18.1. The predicted octanol–water partition coefficient (Wildman–Crippen LogP) is 3.27. The van der Waals surface area contributed by atoms with Gasteiger partial charge >= 0.3 is 0 Å². The summed E-state index contributed by atoms with van der Waals surface area (Å²) in [6.07, 6.45) is 0. The smallest absolute Gasteiger partial charge is 0.262 e. The minimum absolute atomic E-state index is 0.00282. The van der Waals surface area contributed by atoms with Crippen LogP contribution in [0.15, 0.2) is 6.07 Å². The van der Waals surface area contributed by atoms with Crippen LogP contribution < -0.4 is 5.32 Å². The number of nitrogens with one attached hydrogen (secondary N) is 1. The van der Waals surface area contributed by atoms with Gasteiger partial charge in [0.1, 0.15) is 9.71 Å². The van der Waals surface area contributed by atoms with Gasteiger partial charge in [0.25, 0.3) is 5.91 Å². The van der Waals surface area contributed by atoms with Gasteiger partial charge < -0.3 is 5.32 Å². The van der Waals surface area contributed by atoms with E-state index in [4.69, 9.17) is 0 Å². The maximum Gasteiger partial charge on any atom is 0.262 e. The highest BCUT2D eigenvalue weighted by Gasteiger charge is 2.18. The number of nitrogens with zero attached hydrogens (tertiary/aromatic N) is 1. The highest BCUT2D eigenvalue weighted by molar-refractivity contribution is 14.1. The molecule has 1 N–H and O–H groups in total. The topological polar surface area (TPSA) is 42.0 Å². The first-order chi connectivity index (χ1) is 8.04. The van der Waals surface area contributed by atoms with Gasteiger partial charge in [-0.3, -0.25) is 4.79 Å². The third-order valence-electron chi connectivity index (χ3n) is 2.47. The molecule has 2 aromatic heterocycles. The lowest BCUT2D eigenvalue weighted by Gasteiger charge is -2.00. The number of amides is 1. The molecule has 0 saturated heterocycles. The Bertz CT molecular complexity index is 592. The van der Waals surface area contributed by atoms with Gasteiger partial charge in [-0.25, -0.2) is 4.98 Å². The molecule has 0 saturated carbocycles. The van der Waals surface area contributed by atoms with Crippen molar-refractivity contribution in [1.82, 2.24) is 10.3 Å². The first-order valence-electron chi connectivity index (χ1n) is 5.39. The summed E-state index contributed by atoms with van der Waals surface area (Å²) in [5.74, 6) is -0.00282. The lowest BCUT2D eigenvalue weighted by molar-refractivity contribution is 0.0959. The molecule has 2 aromatic rings. The van der Waals surface area contributed by atoms with E-state index in [1.165, 1.54) is 16.9 Å². The Labute approximate surface area is 118 Å². The minimum atomic E-state index is -0.00282. The summed E-state index contributed by atoms with van der Waals surface area (Å²) in [6, 6.07) is 2.05. The molecule has 5 heteroatoms. The van der Waals surface area contributed by atoms with Gasteiger partial charge in [-0.1, -0.05) is 0 Å². The van der Waals surface area contributed by atoms with Gasteiger partial charge in [-0.15, -0.1) is 11.3 Å². The number of fused-ring (bicyclic) bond motifs is 1. The van der Waals surface area contributed by atoms with Crippen molar-refractivity contribution in [3.8, 4) is 0 Å². The van der Waals surface area contributed by atoms with Crippen molar-refractivity contribution < 1.29 is 4.79 Å². The second kappa shape index (κ2) is 4.89. The number of carbonyl (C=O) groups is 1. The Morgan fingerprint density at radius 3 is 2.88 bits per heavy atom. The van der Waals surface area contributed by atoms with Gasteiger partial charge in [0.05, 0.1) is 0 Å². The number of aryl methyl sites for hydroxylation is 2. The zero-order chi connectivity index (χ0) is 12.6. The molecule has 0 aliphatic rings. The summed E-state index contributed by atoms with van der Waals surface area (Å²) < 4.78 is 1.01. The van der Waals surface area contributed by atoms with Crippen molar-refractivity contribution in [2.45, 2.75) is 20.8 Å². The average Bonchev–Trinajstić information content (AvgIpc) is 2.56. The molecule has 3 nitrogen and oxygen atoms in total. The average molecular weight is 360 g/mol. The van der Waals surface area contributed by atoms with Crippen LogP contribution in [0.5, 0.6) is 0 Å². The summed E-state index contributed by atoms with van der Waals surface area (Å²) in [7, 11) is 0. The summed E-state index contributed by atoms with van der Waals surface area (Å²) in [5.41, 5.74) is 2.18. The third kappa shape index (κ3) is 2.30. The largest absolute Gasteiger partial charge is 0.352 e. The van der Waals surface area contributed by atoms with Crippen molar-refractivity contribution in [3.63, 3.8) is 0 Å². The maximum absolute atomic E-state index is 11.9. The first-order valence-corrected chi connectivity index (χ1v) is 7.28. The Morgan fingerprint density at radius 1 is 1.53 bits per heavy atom. The summed E-state index contributed by atoms with van der Waals surface area (Å²) in [6.45, 7) is 6.61. The minimum Gasteiger partial charge on any atom is -0.352 e. The number of halogens is 1. The van der Waals surface area contributed by atoms with Crippen LogP contribution in [0.1, 0.15) is 27.9 Å². The first kappa shape index (κ1) is 12.8. The van der Waals surface area contributed by atoms with Gasteiger partial charge in [0.2, 0.25) is 0 Å². The number of rotatable bonds is 2. The van der Waals surface area contributed by atoms with Crippen molar-refractivity contribution in [3.05, 3.63) is 25.8 Å². The molecule has 0 fully saturated rings. The molecule has 0 aromatic carbocycles. The second-order valence-electron chi connectivity index (χ2n) is 3.87. The van der Waals surface area contributed by atoms with Gasteiger partial charge in [-0.05, 0) is 55.0 Å². The van der Waals surface area contributed by atoms with Crippen LogP contribution in [-0.4, -0.2) is 17.4 Å². The van der Waals surface area contributed by atoms with Gasteiger partial charge in [0.15, 0.2) is 0 Å². The van der Waals surface area contributed by atoms with Crippen LogP contribution in [0.3, 0.4) is 0 Å². The van der Waals surface area contributed by atoms with E-state index in [-0.39, 0.29) is 5.91 Å². The fourth-order valence-corrected chi connectivity index (χ4v) is 4.33. The van der Waals surface area contributed by atoms with E-state index in [0.29, 0.717) is 6.54 Å². The van der Waals surface area contributed by atoms with E-state index in [1.807, 2.05) is 13.8 Å². The van der Waals surface area contributed by atoms with Gasteiger partial charge in [0, 0.05) is 21.2 Å². The van der Waals surface area contributed by atoms with E-state index in [2.05, 4.69) is 45.9 Å². The molecule has 0 atom stereocenters. The SMILES string of the molecule is CCNC(=O)c1sc2nc(C)cc(C)c2c1I. The molecule has 0 spiro atoms. The van der Waals surface area contributed by atoms with E-state index in [1.54, 1.807) is 0 Å². The molecule has 90 valence electrons. The van der Waals surface area contributed by atoms with E-state index in [0.717, 1.165) is 24.4 Å². The van der Waals surface area contributed by atoms with Crippen LogP contribution in [0.25, 0.3) is 10.2 Å². The van der Waals surface area contributed by atoms with E-state index >= 15 is 0 Å². The van der Waals surface area contributed by atoms with Crippen LogP contribution in [-0.2, 0) is 0 Å². The van der Waals surface area contributed by atoms with E-state index in [9.17, 15) is 4.79 Å². The Morgan fingerprint density at radius 2 is 2.24 bits per heavy atom. The van der Waals surface area contributed by atoms with Crippen molar-refractivity contribution in [1.29, 1.82) is 0 Å². The van der Waals surface area contributed by atoms with Gasteiger partial charge in [-0.2, -0.15) is 0 Å². The van der Waals surface area contributed by atoms with Crippen LogP contribution in [0.4, 0.5) is 0 Å². The van der Waals surface area contributed by atoms with Crippen molar-refractivity contribution in [2.24, 2.45) is 0 Å². The lowest BCUT2D eigenvalue weighted by atomic mass is 10.2. The van der Waals surface area contributed by atoms with Crippen LogP contribution >= 0.6 is 33.9 Å². The summed E-state index contributed by atoms with van der Waals surface area (Å²) >= 11 is 3.71. The molecule has 0 radical (unpaired) electrons. The molecule has 0 aliphatic heterocycles. The number of hydrogen-bond acceptors (Lipinski definition) is 3. The third-order valence-corrected chi connectivity index (χ3v) is 5.00. The van der Waals surface area contributed by atoms with E-state index < -0.39 is 0 Å².